The van der Waals surface area contributed by atoms with Crippen LogP contribution in [0, 0.1) is 0 Å². The average molecular weight is 288 g/mol. The number of benzene rings is 2. The molecule has 0 radical (unpaired) electrons. The quantitative estimate of drug-likeness (QED) is 0.804. The first-order chi connectivity index (χ1) is 9.65. The van der Waals surface area contributed by atoms with Crippen molar-refractivity contribution in [3.63, 3.8) is 0 Å². The van der Waals surface area contributed by atoms with Crippen LogP contribution in [0.25, 0.3) is 11.0 Å². The second-order valence-electron chi connectivity index (χ2n) is 4.35. The van der Waals surface area contributed by atoms with Crippen molar-refractivity contribution in [2.75, 3.05) is 0 Å². The normalized spacial score (nSPS) is 10.8. The molecule has 0 aliphatic carbocycles. The van der Waals surface area contributed by atoms with Gasteiger partial charge in [0.2, 0.25) is 0 Å². The van der Waals surface area contributed by atoms with Crippen LogP contribution in [0.4, 0.5) is 0 Å². The van der Waals surface area contributed by atoms with Gasteiger partial charge in [-0.25, -0.2) is 9.48 Å². The van der Waals surface area contributed by atoms with Gasteiger partial charge in [0.15, 0.2) is 0 Å². The first kappa shape index (κ1) is 12.6. The van der Waals surface area contributed by atoms with Crippen LogP contribution < -0.4 is 0 Å². The van der Waals surface area contributed by atoms with Crippen LogP contribution in [0.15, 0.2) is 42.5 Å². The molecule has 6 heteroatoms. The molecule has 1 heterocycles. The van der Waals surface area contributed by atoms with E-state index in [0.717, 1.165) is 5.56 Å². The molecule has 0 spiro atoms. The van der Waals surface area contributed by atoms with Crippen LogP contribution >= 0.6 is 11.6 Å². The monoisotopic (exact) mass is 287 g/mol. The summed E-state index contributed by atoms with van der Waals surface area (Å²) in [7, 11) is 0. The molecule has 0 bridgehead atoms. The van der Waals surface area contributed by atoms with Crippen molar-refractivity contribution in [1.29, 1.82) is 0 Å². The van der Waals surface area contributed by atoms with Crippen LogP contribution in [0.1, 0.15) is 15.9 Å². The number of carbonyl (C=O) groups is 1. The number of hydrogen-bond donors (Lipinski definition) is 1. The summed E-state index contributed by atoms with van der Waals surface area (Å²) in [5.41, 5.74) is 2.44. The van der Waals surface area contributed by atoms with Crippen molar-refractivity contribution in [2.24, 2.45) is 0 Å². The van der Waals surface area contributed by atoms with E-state index in [9.17, 15) is 4.79 Å². The smallest absolute Gasteiger partial charge is 0.335 e. The van der Waals surface area contributed by atoms with Gasteiger partial charge in [-0.2, -0.15) is 0 Å². The zero-order chi connectivity index (χ0) is 14.1. The predicted octanol–water partition coefficient (Wildman–Crippen LogP) is 2.83. The summed E-state index contributed by atoms with van der Waals surface area (Å²) in [6.45, 7) is 0.444. The highest BCUT2D eigenvalue weighted by Gasteiger charge is 2.10. The summed E-state index contributed by atoms with van der Waals surface area (Å²) in [5.74, 6) is -0.975. The zero-order valence-electron chi connectivity index (χ0n) is 10.3. The van der Waals surface area contributed by atoms with Gasteiger partial charge in [0, 0.05) is 5.02 Å². The van der Waals surface area contributed by atoms with Crippen LogP contribution in [0.2, 0.25) is 5.02 Å². The number of rotatable bonds is 3. The summed E-state index contributed by atoms with van der Waals surface area (Å²) in [4.78, 5) is 11.0. The Hall–Kier alpha value is -2.40. The van der Waals surface area contributed by atoms with Crippen LogP contribution in [-0.2, 0) is 6.54 Å². The SMILES string of the molecule is O=C(O)c1ccc2nnn(Cc3ccccc3Cl)c2c1. The van der Waals surface area contributed by atoms with Gasteiger partial charge in [-0.05, 0) is 29.8 Å². The minimum atomic E-state index is -0.975. The van der Waals surface area contributed by atoms with Crippen molar-refractivity contribution in [3.8, 4) is 0 Å². The average Bonchev–Trinajstić information content (AvgIpc) is 2.84. The fourth-order valence-electron chi connectivity index (χ4n) is 2.00. The summed E-state index contributed by atoms with van der Waals surface area (Å²) >= 11 is 6.12. The molecule has 1 N–H and O–H groups in total. The summed E-state index contributed by atoms with van der Waals surface area (Å²) in [5, 5.41) is 17.7. The molecular formula is C14H10ClN3O2. The number of carboxylic acid groups (broad SMARTS) is 1. The largest absolute Gasteiger partial charge is 0.478 e. The van der Waals surface area contributed by atoms with Crippen molar-refractivity contribution >= 4 is 28.6 Å². The molecule has 3 rings (SSSR count). The summed E-state index contributed by atoms with van der Waals surface area (Å²) in [6, 6.07) is 12.2. The van der Waals surface area contributed by atoms with Crippen LogP contribution in [0.3, 0.4) is 0 Å². The maximum atomic E-state index is 11.0. The van der Waals surface area contributed by atoms with E-state index in [4.69, 9.17) is 16.7 Å². The molecule has 0 fully saturated rings. The molecule has 0 saturated heterocycles. The highest BCUT2D eigenvalue weighted by atomic mass is 35.5. The predicted molar refractivity (Wildman–Crippen MR) is 75.0 cm³/mol. The van der Waals surface area contributed by atoms with E-state index in [1.165, 1.54) is 6.07 Å². The fraction of sp³-hybridized carbons (Fsp3) is 0.0714. The molecule has 5 nitrogen and oxygen atoms in total. The molecule has 0 atom stereocenters. The Bertz CT molecular complexity index is 798. The van der Waals surface area contributed by atoms with Gasteiger partial charge < -0.3 is 5.11 Å². The molecule has 100 valence electrons. The first-order valence-electron chi connectivity index (χ1n) is 5.95. The van der Waals surface area contributed by atoms with E-state index in [0.29, 0.717) is 22.6 Å². The maximum Gasteiger partial charge on any atom is 0.335 e. The van der Waals surface area contributed by atoms with E-state index in [1.807, 2.05) is 18.2 Å². The maximum absolute atomic E-state index is 11.0. The number of nitrogens with zero attached hydrogens (tertiary/aromatic N) is 3. The van der Waals surface area contributed by atoms with Crippen molar-refractivity contribution in [3.05, 3.63) is 58.6 Å². The topological polar surface area (TPSA) is 68.0 Å². The summed E-state index contributed by atoms with van der Waals surface area (Å²) < 4.78 is 1.64. The second kappa shape index (κ2) is 4.94. The molecular weight excluding hydrogens is 278 g/mol. The Morgan fingerprint density at radius 1 is 1.25 bits per heavy atom. The number of aromatic carboxylic acids is 1. The number of halogens is 1. The van der Waals surface area contributed by atoms with Crippen molar-refractivity contribution in [1.82, 2.24) is 15.0 Å². The van der Waals surface area contributed by atoms with Crippen LogP contribution in [0.5, 0.6) is 0 Å². The lowest BCUT2D eigenvalue weighted by molar-refractivity contribution is 0.0697. The molecule has 0 amide bonds. The van der Waals surface area contributed by atoms with E-state index in [-0.39, 0.29) is 5.56 Å². The van der Waals surface area contributed by atoms with Crippen molar-refractivity contribution in [2.45, 2.75) is 6.54 Å². The van der Waals surface area contributed by atoms with E-state index < -0.39 is 5.97 Å². The molecule has 3 aromatic rings. The molecule has 20 heavy (non-hydrogen) atoms. The molecule has 0 aliphatic rings. The minimum Gasteiger partial charge on any atom is -0.478 e. The Balaban J connectivity index is 2.06. The van der Waals surface area contributed by atoms with E-state index in [2.05, 4.69) is 10.3 Å². The lowest BCUT2D eigenvalue weighted by atomic mass is 10.2. The third-order valence-corrected chi connectivity index (χ3v) is 3.41. The standard InChI is InChI=1S/C14H10ClN3O2/c15-11-4-2-1-3-10(11)8-18-13-7-9(14(19)20)5-6-12(13)16-17-18/h1-7H,8H2,(H,19,20). The molecule has 1 aromatic heterocycles. The Kier molecular flexibility index (Phi) is 3.12. The van der Waals surface area contributed by atoms with Gasteiger partial charge in [-0.1, -0.05) is 35.0 Å². The molecule has 2 aromatic carbocycles. The highest BCUT2D eigenvalue weighted by molar-refractivity contribution is 6.31. The fourth-order valence-corrected chi connectivity index (χ4v) is 2.20. The van der Waals surface area contributed by atoms with Gasteiger partial charge >= 0.3 is 5.97 Å². The van der Waals surface area contributed by atoms with E-state index in [1.54, 1.807) is 22.9 Å². The Labute approximate surface area is 119 Å². The third kappa shape index (κ3) is 2.23. The highest BCUT2D eigenvalue weighted by Crippen LogP contribution is 2.19. The lowest BCUT2D eigenvalue weighted by Crippen LogP contribution is -2.03. The second-order valence-corrected chi connectivity index (χ2v) is 4.75. The number of hydrogen-bond acceptors (Lipinski definition) is 3. The Morgan fingerprint density at radius 2 is 2.05 bits per heavy atom. The van der Waals surface area contributed by atoms with E-state index >= 15 is 0 Å². The van der Waals surface area contributed by atoms with Gasteiger partial charge in [-0.3, -0.25) is 0 Å². The van der Waals surface area contributed by atoms with Gasteiger partial charge in [0.25, 0.3) is 0 Å². The zero-order valence-corrected chi connectivity index (χ0v) is 11.1. The van der Waals surface area contributed by atoms with Gasteiger partial charge in [-0.15, -0.1) is 5.10 Å². The number of fused-ring (bicyclic) bond motifs is 1. The summed E-state index contributed by atoms with van der Waals surface area (Å²) in [6.07, 6.45) is 0. The molecule has 0 saturated carbocycles. The number of aromatic nitrogens is 3. The van der Waals surface area contributed by atoms with Gasteiger partial charge in [0.05, 0.1) is 17.6 Å². The van der Waals surface area contributed by atoms with Crippen molar-refractivity contribution < 1.29 is 9.90 Å². The van der Waals surface area contributed by atoms with Gasteiger partial charge in [0.1, 0.15) is 5.52 Å². The number of carboxylic acids is 1. The Morgan fingerprint density at radius 3 is 2.80 bits per heavy atom. The molecule has 0 aliphatic heterocycles. The first-order valence-corrected chi connectivity index (χ1v) is 6.33. The third-order valence-electron chi connectivity index (χ3n) is 3.04. The lowest BCUT2D eigenvalue weighted by Gasteiger charge is -2.05. The minimum absolute atomic E-state index is 0.209. The molecule has 0 unspecified atom stereocenters. The van der Waals surface area contributed by atoms with Crippen LogP contribution in [-0.4, -0.2) is 26.1 Å².